The molecule has 114 valence electrons. The van der Waals surface area contributed by atoms with Gasteiger partial charge in [0.15, 0.2) is 5.41 Å². The average Bonchev–Trinajstić information content (AvgIpc) is 2.54. The molecule has 0 amide bonds. The highest BCUT2D eigenvalue weighted by atomic mass is 79.9. The zero-order chi connectivity index (χ0) is 16.2. The molecule has 0 bridgehead atoms. The van der Waals surface area contributed by atoms with Gasteiger partial charge in [0.1, 0.15) is 6.29 Å². The van der Waals surface area contributed by atoms with Crippen molar-refractivity contribution in [1.82, 2.24) is 0 Å². The first-order chi connectivity index (χ1) is 10.5. The predicted octanol–water partition coefficient (Wildman–Crippen LogP) is 3.61. The monoisotopic (exact) mass is 360 g/mol. The summed E-state index contributed by atoms with van der Waals surface area (Å²) in [6.45, 7) is 1.96. The van der Waals surface area contributed by atoms with Crippen LogP contribution in [0.5, 0.6) is 0 Å². The maximum absolute atomic E-state index is 12.4. The van der Waals surface area contributed by atoms with Crippen LogP contribution in [0.3, 0.4) is 0 Å². The lowest BCUT2D eigenvalue weighted by molar-refractivity contribution is -0.149. The van der Waals surface area contributed by atoms with Gasteiger partial charge in [0.25, 0.3) is 0 Å². The average molecular weight is 361 g/mol. The normalized spacial score (nSPS) is 13.2. The van der Waals surface area contributed by atoms with Gasteiger partial charge in [-0.1, -0.05) is 57.9 Å². The first-order valence-electron chi connectivity index (χ1n) is 6.88. The van der Waals surface area contributed by atoms with E-state index in [1.807, 2.05) is 43.3 Å². The highest BCUT2D eigenvalue weighted by Crippen LogP contribution is 2.29. The third-order valence-electron chi connectivity index (χ3n) is 3.71. The van der Waals surface area contributed by atoms with Crippen LogP contribution < -0.4 is 0 Å². The van der Waals surface area contributed by atoms with Crippen LogP contribution in [0, 0.1) is 6.92 Å². The standard InChI is InChI=1S/C18H17BrO3/c1-13-3-7-15(8-4-13)18(12-20,17(21)22-2)11-14-5-9-16(19)10-6-14/h3-10,12H,11H2,1-2H3/t18-/m0/s1. The van der Waals surface area contributed by atoms with Crippen molar-refractivity contribution in [3.8, 4) is 0 Å². The molecule has 2 rings (SSSR count). The molecule has 0 unspecified atom stereocenters. The van der Waals surface area contributed by atoms with Crippen LogP contribution in [0.2, 0.25) is 0 Å². The lowest BCUT2D eigenvalue weighted by Crippen LogP contribution is -2.41. The Morgan fingerprint density at radius 1 is 1.14 bits per heavy atom. The quantitative estimate of drug-likeness (QED) is 0.464. The minimum atomic E-state index is -1.32. The summed E-state index contributed by atoms with van der Waals surface area (Å²) in [6.07, 6.45) is 0.949. The Balaban J connectivity index is 2.49. The van der Waals surface area contributed by atoms with Crippen molar-refractivity contribution >= 4 is 28.2 Å². The van der Waals surface area contributed by atoms with Gasteiger partial charge in [-0.05, 0) is 36.6 Å². The van der Waals surface area contributed by atoms with Crippen LogP contribution in [0.15, 0.2) is 53.0 Å². The molecule has 22 heavy (non-hydrogen) atoms. The number of hydrogen-bond acceptors (Lipinski definition) is 3. The number of aryl methyl sites for hydroxylation is 1. The Morgan fingerprint density at radius 3 is 2.23 bits per heavy atom. The minimum Gasteiger partial charge on any atom is -0.468 e. The smallest absolute Gasteiger partial charge is 0.323 e. The van der Waals surface area contributed by atoms with E-state index in [0.717, 1.165) is 15.6 Å². The molecular formula is C18H17BrO3. The second-order valence-corrected chi connectivity index (χ2v) is 6.17. The highest BCUT2D eigenvalue weighted by molar-refractivity contribution is 9.10. The second-order valence-electron chi connectivity index (χ2n) is 5.25. The Hall–Kier alpha value is -1.94. The third kappa shape index (κ3) is 3.28. The van der Waals surface area contributed by atoms with Gasteiger partial charge < -0.3 is 9.53 Å². The van der Waals surface area contributed by atoms with Crippen molar-refractivity contribution in [2.24, 2.45) is 0 Å². The van der Waals surface area contributed by atoms with Crippen molar-refractivity contribution in [1.29, 1.82) is 0 Å². The number of hydrogen-bond donors (Lipinski definition) is 0. The summed E-state index contributed by atoms with van der Waals surface area (Å²) in [5.74, 6) is -0.547. The molecule has 3 nitrogen and oxygen atoms in total. The van der Waals surface area contributed by atoms with Crippen LogP contribution in [0.4, 0.5) is 0 Å². The number of aldehydes is 1. The maximum atomic E-state index is 12.4. The van der Waals surface area contributed by atoms with E-state index < -0.39 is 11.4 Å². The molecule has 4 heteroatoms. The molecule has 0 N–H and O–H groups in total. The largest absolute Gasteiger partial charge is 0.468 e. The van der Waals surface area contributed by atoms with Crippen molar-refractivity contribution in [3.05, 3.63) is 69.7 Å². The molecule has 0 saturated heterocycles. The fourth-order valence-electron chi connectivity index (χ4n) is 2.41. The summed E-state index contributed by atoms with van der Waals surface area (Å²) in [7, 11) is 1.30. The number of benzene rings is 2. The zero-order valence-electron chi connectivity index (χ0n) is 12.5. The minimum absolute atomic E-state index is 0.263. The lowest BCUT2D eigenvalue weighted by Gasteiger charge is -2.26. The first-order valence-corrected chi connectivity index (χ1v) is 7.67. The highest BCUT2D eigenvalue weighted by Gasteiger charge is 2.41. The van der Waals surface area contributed by atoms with E-state index in [2.05, 4.69) is 15.9 Å². The molecule has 0 heterocycles. The van der Waals surface area contributed by atoms with Gasteiger partial charge in [-0.15, -0.1) is 0 Å². The Morgan fingerprint density at radius 2 is 1.73 bits per heavy atom. The summed E-state index contributed by atoms with van der Waals surface area (Å²) >= 11 is 3.38. The lowest BCUT2D eigenvalue weighted by atomic mass is 9.76. The van der Waals surface area contributed by atoms with E-state index in [1.165, 1.54) is 7.11 Å². The summed E-state index contributed by atoms with van der Waals surface area (Å²) in [5.41, 5.74) is 1.28. The number of carbonyl (C=O) groups is 2. The molecule has 0 saturated carbocycles. The molecule has 0 aromatic heterocycles. The first kappa shape index (κ1) is 16.4. The molecule has 0 aliphatic heterocycles. The van der Waals surface area contributed by atoms with Crippen LogP contribution in [0.1, 0.15) is 16.7 Å². The number of methoxy groups -OCH3 is 1. The van der Waals surface area contributed by atoms with E-state index in [9.17, 15) is 9.59 Å². The third-order valence-corrected chi connectivity index (χ3v) is 4.24. The van der Waals surface area contributed by atoms with E-state index in [1.54, 1.807) is 12.1 Å². The number of ether oxygens (including phenoxy) is 1. The molecular weight excluding hydrogens is 344 g/mol. The van der Waals surface area contributed by atoms with E-state index in [4.69, 9.17) is 4.74 Å². The molecule has 2 aromatic carbocycles. The van der Waals surface area contributed by atoms with Crippen LogP contribution in [0.25, 0.3) is 0 Å². The Bertz CT molecular complexity index is 662. The molecule has 0 fully saturated rings. The van der Waals surface area contributed by atoms with Gasteiger partial charge in [0.2, 0.25) is 0 Å². The van der Waals surface area contributed by atoms with Gasteiger partial charge in [-0.2, -0.15) is 0 Å². The number of esters is 1. The fourth-order valence-corrected chi connectivity index (χ4v) is 2.67. The number of rotatable bonds is 5. The molecule has 0 aliphatic carbocycles. The van der Waals surface area contributed by atoms with Gasteiger partial charge in [0, 0.05) is 4.47 Å². The molecule has 2 aromatic rings. The van der Waals surface area contributed by atoms with Gasteiger partial charge in [0.05, 0.1) is 7.11 Å². The van der Waals surface area contributed by atoms with Crippen LogP contribution in [-0.2, 0) is 26.2 Å². The molecule has 0 aliphatic rings. The predicted molar refractivity (Wildman–Crippen MR) is 88.8 cm³/mol. The van der Waals surface area contributed by atoms with Crippen LogP contribution in [-0.4, -0.2) is 19.4 Å². The van der Waals surface area contributed by atoms with Crippen LogP contribution >= 0.6 is 15.9 Å². The van der Waals surface area contributed by atoms with E-state index in [0.29, 0.717) is 11.8 Å². The van der Waals surface area contributed by atoms with Crippen molar-refractivity contribution in [2.45, 2.75) is 18.8 Å². The van der Waals surface area contributed by atoms with E-state index >= 15 is 0 Å². The number of carbonyl (C=O) groups excluding carboxylic acids is 2. The van der Waals surface area contributed by atoms with Crippen molar-refractivity contribution in [3.63, 3.8) is 0 Å². The SMILES string of the molecule is COC(=O)[C@](C=O)(Cc1ccc(Br)cc1)c1ccc(C)cc1. The van der Waals surface area contributed by atoms with Gasteiger partial charge in [-0.3, -0.25) is 4.79 Å². The topological polar surface area (TPSA) is 43.4 Å². The second kappa shape index (κ2) is 6.88. The molecule has 0 radical (unpaired) electrons. The number of halogens is 1. The van der Waals surface area contributed by atoms with E-state index in [-0.39, 0.29) is 6.42 Å². The fraction of sp³-hybridized carbons (Fsp3) is 0.222. The summed E-state index contributed by atoms with van der Waals surface area (Å²) in [4.78, 5) is 24.2. The van der Waals surface area contributed by atoms with Gasteiger partial charge >= 0.3 is 5.97 Å². The molecule has 1 atom stereocenters. The van der Waals surface area contributed by atoms with Gasteiger partial charge in [-0.25, -0.2) is 0 Å². The Kier molecular flexibility index (Phi) is 5.14. The maximum Gasteiger partial charge on any atom is 0.323 e. The van der Waals surface area contributed by atoms with Crippen molar-refractivity contribution in [2.75, 3.05) is 7.11 Å². The zero-order valence-corrected chi connectivity index (χ0v) is 14.1. The summed E-state index contributed by atoms with van der Waals surface area (Å²) in [6, 6.07) is 14.9. The van der Waals surface area contributed by atoms with Crippen molar-refractivity contribution < 1.29 is 14.3 Å². The Labute approximate surface area is 138 Å². The summed E-state index contributed by atoms with van der Waals surface area (Å²) < 4.78 is 5.85. The molecule has 0 spiro atoms. The summed E-state index contributed by atoms with van der Waals surface area (Å²) in [5, 5.41) is 0.